The topological polar surface area (TPSA) is 103 Å². The molecule has 1 unspecified atom stereocenters. The van der Waals surface area contributed by atoms with Crippen molar-refractivity contribution in [3.05, 3.63) is 59.5 Å². The van der Waals surface area contributed by atoms with E-state index in [1.807, 2.05) is 47.8 Å². The Balaban J connectivity index is 1.66. The number of hydrogen-bond donors (Lipinski definition) is 3. The van der Waals surface area contributed by atoms with E-state index in [1.54, 1.807) is 30.6 Å². The maximum atomic E-state index is 12.5. The third kappa shape index (κ3) is 5.65. The van der Waals surface area contributed by atoms with Crippen LogP contribution < -0.4 is 20.1 Å². The van der Waals surface area contributed by atoms with Crippen molar-refractivity contribution in [3.8, 4) is 11.8 Å². The van der Waals surface area contributed by atoms with E-state index >= 15 is 0 Å². The van der Waals surface area contributed by atoms with Gasteiger partial charge in [-0.2, -0.15) is 5.26 Å². The number of carbonyl (C=O) groups is 2. The van der Waals surface area contributed by atoms with Gasteiger partial charge >= 0.3 is 6.03 Å². The number of fused-ring (bicyclic) bond motifs is 1. The fourth-order valence-corrected chi connectivity index (χ4v) is 4.32. The summed E-state index contributed by atoms with van der Waals surface area (Å²) in [6.45, 7) is -0.121. The van der Waals surface area contributed by atoms with Gasteiger partial charge < -0.3 is 15.4 Å². The zero-order valence-corrected chi connectivity index (χ0v) is 17.8. The number of carbonyl (C=O) groups excluding carboxylic acids is 2. The maximum absolute atomic E-state index is 12.5. The summed E-state index contributed by atoms with van der Waals surface area (Å²) in [5.74, 6) is 0.317. The summed E-state index contributed by atoms with van der Waals surface area (Å²) in [6.07, 6.45) is 0.321. The number of methoxy groups -OCH3 is 1. The number of nitrogens with one attached hydrogen (secondary N) is 3. The molecule has 0 saturated heterocycles. The molecule has 3 aromatic rings. The summed E-state index contributed by atoms with van der Waals surface area (Å²) in [7, 11) is 1.59. The smallest absolute Gasteiger partial charge is 0.325 e. The minimum Gasteiger partial charge on any atom is -0.497 e. The molecular formula is C21H20N4O3S2. The Morgan fingerprint density at radius 1 is 1.20 bits per heavy atom. The van der Waals surface area contributed by atoms with Crippen molar-refractivity contribution in [2.45, 2.75) is 17.4 Å². The Labute approximate surface area is 182 Å². The van der Waals surface area contributed by atoms with Crippen LogP contribution in [0.25, 0.3) is 10.1 Å². The largest absolute Gasteiger partial charge is 0.497 e. The highest BCUT2D eigenvalue weighted by Crippen LogP contribution is 2.26. The summed E-state index contributed by atoms with van der Waals surface area (Å²) in [4.78, 5) is 25.8. The molecule has 3 rings (SSSR count). The molecule has 3 amide bonds. The first kappa shape index (κ1) is 21.5. The van der Waals surface area contributed by atoms with E-state index < -0.39 is 18.0 Å². The van der Waals surface area contributed by atoms with Gasteiger partial charge in [0.25, 0.3) is 0 Å². The third-order valence-corrected chi connectivity index (χ3v) is 6.08. The summed E-state index contributed by atoms with van der Waals surface area (Å²) < 4.78 is 8.90. The summed E-state index contributed by atoms with van der Waals surface area (Å²) in [5.41, 5.74) is 0.968. The second-order valence-corrected chi connectivity index (χ2v) is 8.03. The fourth-order valence-electron chi connectivity index (χ4n) is 2.81. The first-order valence-corrected chi connectivity index (χ1v) is 10.8. The minimum absolute atomic E-state index is 0.121. The Kier molecular flexibility index (Phi) is 7.54. The van der Waals surface area contributed by atoms with Gasteiger partial charge in [0.2, 0.25) is 5.91 Å². The molecule has 30 heavy (non-hydrogen) atoms. The molecule has 0 saturated carbocycles. The number of urea groups is 1. The van der Waals surface area contributed by atoms with Gasteiger partial charge in [-0.15, -0.1) is 11.3 Å². The van der Waals surface area contributed by atoms with Crippen molar-refractivity contribution in [3.63, 3.8) is 0 Å². The first-order valence-electron chi connectivity index (χ1n) is 9.08. The van der Waals surface area contributed by atoms with E-state index in [1.165, 1.54) is 0 Å². The number of nitrogens with zero attached hydrogens (tertiary/aromatic N) is 1. The number of rotatable bonds is 8. The Morgan fingerprint density at radius 3 is 2.70 bits per heavy atom. The summed E-state index contributed by atoms with van der Waals surface area (Å²) in [5, 5.41) is 17.0. The second-order valence-electron chi connectivity index (χ2n) is 6.24. The normalized spacial score (nSPS) is 11.3. The predicted octanol–water partition coefficient (Wildman–Crippen LogP) is 3.47. The molecule has 0 bridgehead atoms. The van der Waals surface area contributed by atoms with Gasteiger partial charge in [0.05, 0.1) is 13.2 Å². The van der Waals surface area contributed by atoms with Crippen molar-refractivity contribution < 1.29 is 14.3 Å². The van der Waals surface area contributed by atoms with Crippen LogP contribution in [0.5, 0.6) is 5.75 Å². The molecule has 0 radical (unpaired) electrons. The van der Waals surface area contributed by atoms with Crippen LogP contribution in [0, 0.1) is 11.3 Å². The summed E-state index contributed by atoms with van der Waals surface area (Å²) >= 11 is 2.72. The average Bonchev–Trinajstić information content (AvgIpc) is 3.19. The number of benzene rings is 2. The molecule has 0 aliphatic rings. The van der Waals surface area contributed by atoms with Crippen molar-refractivity contribution >= 4 is 45.3 Å². The van der Waals surface area contributed by atoms with Gasteiger partial charge in [-0.05, 0) is 58.6 Å². The van der Waals surface area contributed by atoms with Crippen molar-refractivity contribution in [1.82, 2.24) is 15.4 Å². The van der Waals surface area contributed by atoms with E-state index in [9.17, 15) is 9.59 Å². The molecular weight excluding hydrogens is 420 g/mol. The van der Waals surface area contributed by atoms with Crippen molar-refractivity contribution in [2.24, 2.45) is 0 Å². The first-order chi connectivity index (χ1) is 14.6. The zero-order chi connectivity index (χ0) is 21.3. The van der Waals surface area contributed by atoms with Gasteiger partial charge in [0.15, 0.2) is 0 Å². The lowest BCUT2D eigenvalue weighted by Gasteiger charge is -2.18. The van der Waals surface area contributed by atoms with Crippen LogP contribution in [0.2, 0.25) is 0 Å². The Bertz CT molecular complexity index is 1060. The van der Waals surface area contributed by atoms with Gasteiger partial charge in [-0.25, -0.2) is 4.79 Å². The molecule has 3 N–H and O–H groups in total. The van der Waals surface area contributed by atoms with Crippen molar-refractivity contribution in [1.29, 1.82) is 5.26 Å². The van der Waals surface area contributed by atoms with Gasteiger partial charge in [0.1, 0.15) is 18.3 Å². The van der Waals surface area contributed by atoms with Crippen LogP contribution in [0.3, 0.4) is 0 Å². The molecule has 0 fully saturated rings. The van der Waals surface area contributed by atoms with Crippen LogP contribution in [-0.4, -0.2) is 31.6 Å². The highest BCUT2D eigenvalue weighted by molar-refractivity contribution is 7.98. The second kappa shape index (κ2) is 10.5. The van der Waals surface area contributed by atoms with Crippen LogP contribution in [0.4, 0.5) is 4.79 Å². The van der Waals surface area contributed by atoms with Gasteiger partial charge in [-0.3, -0.25) is 9.52 Å². The average molecular weight is 441 g/mol. The third-order valence-electron chi connectivity index (χ3n) is 4.27. The van der Waals surface area contributed by atoms with E-state index in [0.717, 1.165) is 38.2 Å². The monoisotopic (exact) mass is 440 g/mol. The lowest BCUT2D eigenvalue weighted by Crippen LogP contribution is -2.50. The number of thiophene rings is 1. The number of nitriles is 1. The van der Waals surface area contributed by atoms with Crippen LogP contribution >= 0.6 is 23.3 Å². The molecule has 0 aliphatic carbocycles. The molecule has 0 spiro atoms. The standard InChI is InChI=1S/C21H20N4O3S2/c1-28-15-6-8-16(9-7-15)30-25-21(27)24-18(20(26)23-11-10-22)12-14-13-29-19-5-3-2-4-17(14)19/h2-9,13,18H,11-12H2,1H3,(H,23,26)(H2,24,25,27). The molecule has 1 heterocycles. The van der Waals surface area contributed by atoms with E-state index in [-0.39, 0.29) is 6.54 Å². The highest BCUT2D eigenvalue weighted by atomic mass is 32.2. The van der Waals surface area contributed by atoms with Gasteiger partial charge in [-0.1, -0.05) is 18.2 Å². The maximum Gasteiger partial charge on any atom is 0.325 e. The molecule has 7 nitrogen and oxygen atoms in total. The molecule has 1 atom stereocenters. The lowest BCUT2D eigenvalue weighted by molar-refractivity contribution is -0.122. The van der Waals surface area contributed by atoms with Crippen LogP contribution in [-0.2, 0) is 11.2 Å². The van der Waals surface area contributed by atoms with E-state index in [2.05, 4.69) is 15.4 Å². The minimum atomic E-state index is -0.812. The molecule has 0 aliphatic heterocycles. The van der Waals surface area contributed by atoms with Crippen LogP contribution in [0.15, 0.2) is 58.8 Å². The Hall–Kier alpha value is -3.22. The van der Waals surface area contributed by atoms with E-state index in [0.29, 0.717) is 6.42 Å². The molecule has 154 valence electrons. The number of ether oxygens (including phenoxy) is 1. The Morgan fingerprint density at radius 2 is 1.97 bits per heavy atom. The molecule has 1 aromatic heterocycles. The predicted molar refractivity (Wildman–Crippen MR) is 118 cm³/mol. The molecule has 2 aromatic carbocycles. The van der Waals surface area contributed by atoms with Crippen molar-refractivity contribution in [2.75, 3.05) is 13.7 Å². The van der Waals surface area contributed by atoms with Gasteiger partial charge in [0, 0.05) is 16.0 Å². The fraction of sp³-hybridized carbons (Fsp3) is 0.190. The van der Waals surface area contributed by atoms with E-state index in [4.69, 9.17) is 10.00 Å². The zero-order valence-electron chi connectivity index (χ0n) is 16.2. The van der Waals surface area contributed by atoms with Crippen LogP contribution in [0.1, 0.15) is 5.56 Å². The lowest BCUT2D eigenvalue weighted by atomic mass is 10.0. The molecule has 9 heteroatoms. The summed E-state index contributed by atoms with van der Waals surface area (Å²) in [6, 6.07) is 15.7. The number of amides is 3. The quantitative estimate of drug-likeness (QED) is 0.368. The SMILES string of the molecule is COc1ccc(SNC(=O)NC(Cc2csc3ccccc23)C(=O)NCC#N)cc1. The highest BCUT2D eigenvalue weighted by Gasteiger charge is 2.22. The number of hydrogen-bond acceptors (Lipinski definition) is 6.